The predicted octanol–water partition coefficient (Wildman–Crippen LogP) is 3.95. The number of nitrogens with one attached hydrogen (secondary N) is 1. The van der Waals surface area contributed by atoms with Crippen molar-refractivity contribution in [3.8, 4) is 11.1 Å². The van der Waals surface area contributed by atoms with Crippen molar-refractivity contribution in [2.75, 3.05) is 0 Å². The van der Waals surface area contributed by atoms with E-state index in [0.29, 0.717) is 6.42 Å². The van der Waals surface area contributed by atoms with Gasteiger partial charge in [-0.05, 0) is 53.8 Å². The number of amides is 1. The molecule has 4 heteroatoms. The molecule has 4 nitrogen and oxygen atoms in total. The Balaban J connectivity index is 1.55. The van der Waals surface area contributed by atoms with Crippen molar-refractivity contribution in [3.05, 3.63) is 84.4 Å². The Bertz CT molecular complexity index is 802. The second-order valence-electron chi connectivity index (χ2n) is 6.01. The van der Waals surface area contributed by atoms with Crippen LogP contribution in [0.15, 0.2) is 73.3 Å². The largest absolute Gasteiger partial charge is 0.350 e. The molecule has 126 valence electrons. The molecule has 3 aromatic rings. The van der Waals surface area contributed by atoms with Crippen molar-refractivity contribution in [2.45, 2.75) is 25.8 Å². The quantitative estimate of drug-likeness (QED) is 0.744. The molecule has 0 aliphatic carbocycles. The van der Waals surface area contributed by atoms with E-state index in [1.54, 1.807) is 18.6 Å². The molecule has 0 spiro atoms. The van der Waals surface area contributed by atoms with Gasteiger partial charge in [-0.3, -0.25) is 14.8 Å². The number of aromatic nitrogens is 2. The van der Waals surface area contributed by atoms with Gasteiger partial charge in [-0.15, -0.1) is 0 Å². The minimum Gasteiger partial charge on any atom is -0.350 e. The lowest BCUT2D eigenvalue weighted by Crippen LogP contribution is -2.26. The third-order valence-electron chi connectivity index (χ3n) is 4.17. The zero-order chi connectivity index (χ0) is 17.5. The zero-order valence-electron chi connectivity index (χ0n) is 14.2. The Kier molecular flexibility index (Phi) is 5.52. The highest BCUT2D eigenvalue weighted by Gasteiger charge is 2.10. The van der Waals surface area contributed by atoms with Crippen molar-refractivity contribution in [1.82, 2.24) is 15.3 Å². The maximum Gasteiger partial charge on any atom is 0.220 e. The number of carbonyl (C=O) groups is 1. The first-order chi connectivity index (χ1) is 12.2. The summed E-state index contributed by atoms with van der Waals surface area (Å²) in [7, 11) is 0. The van der Waals surface area contributed by atoms with Crippen LogP contribution in [-0.2, 0) is 11.2 Å². The lowest BCUT2D eigenvalue weighted by Gasteiger charge is -2.15. The van der Waals surface area contributed by atoms with Crippen LogP contribution in [0.5, 0.6) is 0 Å². The molecule has 25 heavy (non-hydrogen) atoms. The van der Waals surface area contributed by atoms with E-state index in [1.165, 1.54) is 0 Å². The van der Waals surface area contributed by atoms with Crippen LogP contribution in [0.1, 0.15) is 30.5 Å². The van der Waals surface area contributed by atoms with Gasteiger partial charge in [0, 0.05) is 31.2 Å². The molecule has 0 aliphatic rings. The van der Waals surface area contributed by atoms with Crippen molar-refractivity contribution in [1.29, 1.82) is 0 Å². The monoisotopic (exact) mass is 331 g/mol. The van der Waals surface area contributed by atoms with E-state index in [1.807, 2.05) is 37.4 Å². The van der Waals surface area contributed by atoms with Crippen LogP contribution >= 0.6 is 0 Å². The second kappa shape index (κ2) is 8.20. The summed E-state index contributed by atoms with van der Waals surface area (Å²) in [5.74, 6) is 0.0562. The Morgan fingerprint density at radius 1 is 0.960 bits per heavy atom. The van der Waals surface area contributed by atoms with Gasteiger partial charge < -0.3 is 5.32 Å². The van der Waals surface area contributed by atoms with Crippen molar-refractivity contribution >= 4 is 5.91 Å². The lowest BCUT2D eigenvalue weighted by molar-refractivity contribution is -0.121. The highest BCUT2D eigenvalue weighted by molar-refractivity contribution is 5.76. The van der Waals surface area contributed by atoms with Gasteiger partial charge in [0.1, 0.15) is 0 Å². The molecule has 3 rings (SSSR count). The summed E-state index contributed by atoms with van der Waals surface area (Å²) >= 11 is 0. The Labute approximate surface area is 148 Å². The standard InChI is InChI=1S/C21H21N3O/c1-16(24-21(25)9-4-17-10-13-22-14-11-17)18-5-7-19(8-6-18)20-3-2-12-23-15-20/h2-3,5-8,10-16H,4,9H2,1H3,(H,24,25)/t16-/m1/s1. The summed E-state index contributed by atoms with van der Waals surface area (Å²) in [5, 5.41) is 3.06. The van der Waals surface area contributed by atoms with Gasteiger partial charge in [-0.2, -0.15) is 0 Å². The highest BCUT2D eigenvalue weighted by atomic mass is 16.1. The number of aryl methyl sites for hydroxylation is 1. The van der Waals surface area contributed by atoms with E-state index in [0.717, 1.165) is 28.7 Å². The molecule has 1 amide bonds. The summed E-state index contributed by atoms with van der Waals surface area (Å²) in [6, 6.07) is 16.0. The van der Waals surface area contributed by atoms with E-state index < -0.39 is 0 Å². The molecule has 0 radical (unpaired) electrons. The van der Waals surface area contributed by atoms with Crippen LogP contribution in [-0.4, -0.2) is 15.9 Å². The van der Waals surface area contributed by atoms with Gasteiger partial charge >= 0.3 is 0 Å². The SMILES string of the molecule is C[C@@H](NC(=O)CCc1ccncc1)c1ccc(-c2cccnc2)cc1. The maximum atomic E-state index is 12.2. The van der Waals surface area contributed by atoms with Crippen molar-refractivity contribution in [3.63, 3.8) is 0 Å². The number of rotatable bonds is 6. The zero-order valence-corrected chi connectivity index (χ0v) is 14.2. The van der Waals surface area contributed by atoms with Gasteiger partial charge in [-0.25, -0.2) is 0 Å². The highest BCUT2D eigenvalue weighted by Crippen LogP contribution is 2.21. The molecule has 0 bridgehead atoms. The molecular weight excluding hydrogens is 310 g/mol. The second-order valence-corrected chi connectivity index (χ2v) is 6.01. The molecule has 0 fully saturated rings. The normalized spacial score (nSPS) is 11.7. The molecule has 0 saturated carbocycles. The van der Waals surface area contributed by atoms with Crippen LogP contribution in [0, 0.1) is 0 Å². The minimum absolute atomic E-state index is 0.0205. The van der Waals surface area contributed by atoms with Gasteiger partial charge in [0.25, 0.3) is 0 Å². The average molecular weight is 331 g/mol. The number of nitrogens with zero attached hydrogens (tertiary/aromatic N) is 2. The van der Waals surface area contributed by atoms with E-state index >= 15 is 0 Å². The first-order valence-corrected chi connectivity index (χ1v) is 8.41. The summed E-state index contributed by atoms with van der Waals surface area (Å²) in [5.41, 5.74) is 4.42. The van der Waals surface area contributed by atoms with E-state index in [-0.39, 0.29) is 11.9 Å². The van der Waals surface area contributed by atoms with Crippen LogP contribution in [0.4, 0.5) is 0 Å². The van der Waals surface area contributed by atoms with E-state index in [2.05, 4.69) is 39.6 Å². The summed E-state index contributed by atoms with van der Waals surface area (Å²) in [6.07, 6.45) is 8.31. The first-order valence-electron chi connectivity index (χ1n) is 8.41. The Morgan fingerprint density at radius 2 is 1.72 bits per heavy atom. The van der Waals surface area contributed by atoms with Gasteiger partial charge in [0.05, 0.1) is 6.04 Å². The number of benzene rings is 1. The number of hydrogen-bond acceptors (Lipinski definition) is 3. The van der Waals surface area contributed by atoms with Gasteiger partial charge in [0.15, 0.2) is 0 Å². The minimum atomic E-state index is -0.0205. The lowest BCUT2D eigenvalue weighted by atomic mass is 10.0. The van der Waals surface area contributed by atoms with Crippen LogP contribution in [0.25, 0.3) is 11.1 Å². The van der Waals surface area contributed by atoms with Crippen LogP contribution in [0.3, 0.4) is 0 Å². The maximum absolute atomic E-state index is 12.2. The number of carbonyl (C=O) groups excluding carboxylic acids is 1. The fourth-order valence-corrected chi connectivity index (χ4v) is 2.70. The van der Waals surface area contributed by atoms with Crippen LogP contribution < -0.4 is 5.32 Å². The molecule has 0 saturated heterocycles. The molecule has 2 heterocycles. The molecule has 1 aromatic carbocycles. The molecule has 0 unspecified atom stereocenters. The average Bonchev–Trinajstić information content (AvgIpc) is 2.68. The topological polar surface area (TPSA) is 54.9 Å². The fraction of sp³-hybridized carbons (Fsp3) is 0.190. The number of hydrogen-bond donors (Lipinski definition) is 1. The molecular formula is C21H21N3O. The third-order valence-corrected chi connectivity index (χ3v) is 4.17. The summed E-state index contributed by atoms with van der Waals surface area (Å²) < 4.78 is 0. The fourth-order valence-electron chi connectivity index (χ4n) is 2.70. The summed E-state index contributed by atoms with van der Waals surface area (Å²) in [6.45, 7) is 2.00. The molecule has 2 aromatic heterocycles. The van der Waals surface area contributed by atoms with Gasteiger partial charge in [-0.1, -0.05) is 30.3 Å². The van der Waals surface area contributed by atoms with E-state index in [4.69, 9.17) is 0 Å². The molecule has 0 aliphatic heterocycles. The predicted molar refractivity (Wildman–Crippen MR) is 98.8 cm³/mol. The smallest absolute Gasteiger partial charge is 0.220 e. The molecule has 1 atom stereocenters. The Morgan fingerprint density at radius 3 is 2.40 bits per heavy atom. The van der Waals surface area contributed by atoms with E-state index in [9.17, 15) is 4.79 Å². The Hall–Kier alpha value is -3.01. The van der Waals surface area contributed by atoms with Crippen molar-refractivity contribution < 1.29 is 4.79 Å². The first kappa shape index (κ1) is 16.8. The third kappa shape index (κ3) is 4.73. The molecule has 1 N–H and O–H groups in total. The summed E-state index contributed by atoms with van der Waals surface area (Å²) in [4.78, 5) is 20.3. The van der Waals surface area contributed by atoms with Crippen LogP contribution in [0.2, 0.25) is 0 Å². The van der Waals surface area contributed by atoms with Crippen molar-refractivity contribution in [2.24, 2.45) is 0 Å². The number of pyridine rings is 2. The van der Waals surface area contributed by atoms with Gasteiger partial charge in [0.2, 0.25) is 5.91 Å².